The van der Waals surface area contributed by atoms with Crippen molar-refractivity contribution in [3.63, 3.8) is 0 Å². The fourth-order valence-corrected chi connectivity index (χ4v) is 1.95. The Morgan fingerprint density at radius 2 is 1.43 bits per heavy atom. The Balaban J connectivity index is -0.0000000871. The third kappa shape index (κ3) is 16.3. The Labute approximate surface area is 181 Å². The Kier molecular flexibility index (Phi) is 25.3. The second kappa shape index (κ2) is 16.5. The van der Waals surface area contributed by atoms with Gasteiger partial charge in [-0.15, -0.1) is 58.8 Å². The number of rotatable bonds is 0. The summed E-state index contributed by atoms with van der Waals surface area (Å²) in [7, 11) is 0. The molecule has 0 spiro atoms. The van der Waals surface area contributed by atoms with E-state index in [-0.39, 0.29) is 45.2 Å². The van der Waals surface area contributed by atoms with Crippen molar-refractivity contribution in [1.82, 2.24) is 0 Å². The molecule has 0 aromatic heterocycles. The fraction of sp³-hybridized carbons (Fsp3) is 0.312. The van der Waals surface area contributed by atoms with E-state index in [0.29, 0.717) is 5.02 Å². The molecule has 23 heavy (non-hydrogen) atoms. The molecule has 0 aliphatic rings. The molecule has 2 aromatic rings. The molecule has 0 bridgehead atoms. The summed E-state index contributed by atoms with van der Waals surface area (Å²) in [6, 6.07) is 7.84. The van der Waals surface area contributed by atoms with E-state index < -0.39 is 0 Å². The van der Waals surface area contributed by atoms with Crippen molar-refractivity contribution in [2.75, 3.05) is 0 Å². The second-order valence-electron chi connectivity index (χ2n) is 5.17. The zero-order chi connectivity index (χ0) is 15.2. The summed E-state index contributed by atoms with van der Waals surface area (Å²) in [5.74, 6) is 0. The number of hydrogen-bond donors (Lipinski definition) is 0. The van der Waals surface area contributed by atoms with Crippen molar-refractivity contribution in [3.8, 4) is 0 Å². The van der Waals surface area contributed by atoms with Crippen molar-refractivity contribution in [3.05, 3.63) is 60.5 Å². The van der Waals surface area contributed by atoms with Crippen LogP contribution in [-0.2, 0) is 23.3 Å². The summed E-state index contributed by atoms with van der Waals surface area (Å²) in [4.78, 5) is 0. The molecule has 0 aliphatic carbocycles. The van der Waals surface area contributed by atoms with Crippen LogP contribution < -0.4 is 0 Å². The minimum atomic E-state index is -0.250. The molecule has 0 atom stereocenters. The number of benzene rings is 1. The van der Waals surface area contributed by atoms with Gasteiger partial charge in [-0.3, -0.25) is 0 Å². The number of nitrogens with one attached hydrogen (secondary N) is 1. The minimum absolute atomic E-state index is 0. The first-order valence-electron chi connectivity index (χ1n) is 5.69. The topological polar surface area (TPSA) is 23.8 Å². The van der Waals surface area contributed by atoms with Crippen LogP contribution in [0.4, 0.5) is 0 Å². The van der Waals surface area contributed by atoms with E-state index in [1.165, 1.54) is 28.9 Å². The zero-order valence-corrected chi connectivity index (χ0v) is 21.0. The predicted octanol–water partition coefficient (Wildman–Crippen LogP) is 7.37. The number of aryl methyl sites for hydroxylation is 1. The van der Waals surface area contributed by atoms with Crippen molar-refractivity contribution in [1.29, 1.82) is 0 Å². The van der Waals surface area contributed by atoms with Gasteiger partial charge in [0.15, 0.2) is 0 Å². The maximum atomic E-state index is 6.94. The molecule has 7 heteroatoms. The summed E-state index contributed by atoms with van der Waals surface area (Å²) in [6.45, 7) is 10.7. The van der Waals surface area contributed by atoms with Gasteiger partial charge in [0.2, 0.25) is 0 Å². The van der Waals surface area contributed by atoms with Gasteiger partial charge >= 0.3 is 30.2 Å². The van der Waals surface area contributed by atoms with Crippen LogP contribution in [0.1, 0.15) is 26.3 Å². The summed E-state index contributed by atoms with van der Waals surface area (Å²) in [6.07, 6.45) is 0. The molecule has 0 saturated carbocycles. The first kappa shape index (κ1) is 35.2. The monoisotopic (exact) mass is 489 g/mol. The van der Waals surface area contributed by atoms with E-state index in [1.807, 2.05) is 33.8 Å². The van der Waals surface area contributed by atoms with Gasteiger partial charge in [-0.1, -0.05) is 50.9 Å². The molecule has 0 aliphatic heterocycles. The number of hydrogen-bond acceptors (Lipinski definition) is 0. The second-order valence-corrected chi connectivity index (χ2v) is 6.02. The van der Waals surface area contributed by atoms with Gasteiger partial charge in [-0.05, 0) is 11.1 Å². The quantitative estimate of drug-likeness (QED) is 0.271. The van der Waals surface area contributed by atoms with E-state index >= 15 is 0 Å². The van der Waals surface area contributed by atoms with Crippen LogP contribution in [0, 0.1) is 21.8 Å². The summed E-state index contributed by atoms with van der Waals surface area (Å²) in [5, 5.41) is 3.62. The van der Waals surface area contributed by atoms with E-state index in [4.69, 9.17) is 28.9 Å². The Hall–Kier alpha value is 1.05. The molecule has 0 fully saturated rings. The SMILES string of the molecule is CC(C)(C)[NH-].Cc1cc2c(Cl)cc(Cl)cc2[cH-]1.Cl.Cl.[CH3-].[CH3-].[Si]=[Zr]. The molecule has 2 radical (unpaired) electrons. The first-order chi connectivity index (χ1) is 8.66. The summed E-state index contributed by atoms with van der Waals surface area (Å²) < 4.78 is 0. The van der Waals surface area contributed by atoms with Gasteiger partial charge in [0, 0.05) is 5.02 Å². The first-order valence-corrected chi connectivity index (χ1v) is 10.6. The van der Waals surface area contributed by atoms with Gasteiger partial charge in [0.05, 0.1) is 0 Å². The fourth-order valence-electron chi connectivity index (χ4n) is 1.39. The molecule has 2 aromatic carbocycles. The molecule has 0 saturated heterocycles. The maximum absolute atomic E-state index is 6.94. The summed E-state index contributed by atoms with van der Waals surface area (Å²) >= 11 is 13.2. The van der Waals surface area contributed by atoms with Crippen LogP contribution in [0.3, 0.4) is 0 Å². The van der Waals surface area contributed by atoms with Crippen LogP contribution in [0.15, 0.2) is 24.3 Å². The molecule has 1 N–H and O–H groups in total. The Bertz CT molecular complexity index is 533. The van der Waals surface area contributed by atoms with Gasteiger partial charge in [-0.25, -0.2) is 0 Å². The van der Waals surface area contributed by atoms with Crippen molar-refractivity contribution in [2.24, 2.45) is 0 Å². The van der Waals surface area contributed by atoms with E-state index in [2.05, 4.69) is 19.0 Å². The van der Waals surface area contributed by atoms with E-state index in [9.17, 15) is 0 Å². The molecule has 0 amide bonds. The number of halogens is 4. The van der Waals surface area contributed by atoms with Crippen molar-refractivity contribution in [2.45, 2.75) is 33.2 Å². The average molecular weight is 493 g/mol. The predicted molar refractivity (Wildman–Crippen MR) is 111 cm³/mol. The van der Waals surface area contributed by atoms with Crippen molar-refractivity contribution >= 4 is 65.7 Å². The van der Waals surface area contributed by atoms with Gasteiger partial charge in [-0.2, -0.15) is 6.07 Å². The van der Waals surface area contributed by atoms with Crippen LogP contribution >= 0.6 is 48.0 Å². The van der Waals surface area contributed by atoms with Crippen LogP contribution in [0.5, 0.6) is 0 Å². The zero-order valence-electron chi connectivity index (χ0n) is 14.4. The third-order valence-electron chi connectivity index (χ3n) is 1.88. The standard InChI is InChI=1S/C10H7Cl2.C4H10N.2CH3.2ClH.Si.Zr/c1-6-2-7-4-8(11)5-10(12)9(7)3-6;1-4(2,3)5;;;;;;/h2-5H,1H3;5H,1-3H3;2*1H3;2*1H;;/q4*-1;;;;. The van der Waals surface area contributed by atoms with Gasteiger partial charge in [0.1, 0.15) is 0 Å². The molecule has 1 nitrogen and oxygen atoms in total. The van der Waals surface area contributed by atoms with E-state index in [1.54, 1.807) is 6.07 Å². The number of fused-ring (bicyclic) bond motifs is 1. The van der Waals surface area contributed by atoms with Crippen LogP contribution in [-0.4, -0.2) is 12.4 Å². The third-order valence-corrected chi connectivity index (χ3v) is 2.41. The molecular formula is C16H25Cl4NSiZr-4. The van der Waals surface area contributed by atoms with Gasteiger partial charge < -0.3 is 20.6 Å². The van der Waals surface area contributed by atoms with Crippen molar-refractivity contribution < 1.29 is 23.3 Å². The van der Waals surface area contributed by atoms with Crippen LogP contribution in [0.25, 0.3) is 16.5 Å². The molecule has 134 valence electrons. The Morgan fingerprint density at radius 1 is 1.04 bits per heavy atom. The summed E-state index contributed by atoms with van der Waals surface area (Å²) in [5.41, 5.74) is 7.90. The normalized spacial score (nSPS) is 8.43. The molecular weight excluding hydrogens is 467 g/mol. The molecule has 0 unspecified atom stereocenters. The molecule has 2 rings (SSSR count). The van der Waals surface area contributed by atoms with E-state index in [0.717, 1.165) is 15.8 Å². The molecule has 0 heterocycles. The Morgan fingerprint density at radius 3 is 1.83 bits per heavy atom. The average Bonchev–Trinajstić information content (AvgIpc) is 2.59. The van der Waals surface area contributed by atoms with Gasteiger partial charge in [0.25, 0.3) is 0 Å². The van der Waals surface area contributed by atoms with Crippen LogP contribution in [0.2, 0.25) is 10.0 Å².